The molecule has 24 heavy (non-hydrogen) atoms. The highest BCUT2D eigenvalue weighted by atomic mass is 16.1. The van der Waals surface area contributed by atoms with Crippen molar-refractivity contribution < 1.29 is 4.79 Å². The highest BCUT2D eigenvalue weighted by Crippen LogP contribution is 2.31. The van der Waals surface area contributed by atoms with E-state index in [1.54, 1.807) is 0 Å². The molecule has 1 fully saturated rings. The van der Waals surface area contributed by atoms with Crippen LogP contribution in [0.5, 0.6) is 0 Å². The first-order valence-electron chi connectivity index (χ1n) is 9.10. The Kier molecular flexibility index (Phi) is 5.87. The summed E-state index contributed by atoms with van der Waals surface area (Å²) in [5.74, 6) is 0.525. The van der Waals surface area contributed by atoms with Crippen LogP contribution in [-0.2, 0) is 11.3 Å². The normalized spacial score (nSPS) is 17.4. The van der Waals surface area contributed by atoms with Crippen molar-refractivity contribution in [3.05, 3.63) is 65.7 Å². The van der Waals surface area contributed by atoms with Crippen molar-refractivity contribution >= 4 is 19.0 Å². The maximum Gasteiger partial charge on any atom is 0.154 e. The Morgan fingerprint density at radius 3 is 2.33 bits per heavy atom. The Bertz CT molecular complexity index is 633. The maximum absolute atomic E-state index is 11.7. The minimum atomic E-state index is 0.0507. The molecule has 0 radical (unpaired) electrons. The molecule has 2 aromatic carbocycles. The van der Waals surface area contributed by atoms with Crippen LogP contribution in [0.2, 0.25) is 6.82 Å². The molecule has 3 rings (SSSR count). The SMILES string of the molecule is CBc1ccc(C(C=O)C2CCN(Cc3ccccc3)CC2)cc1. The molecule has 0 aromatic heterocycles. The van der Waals surface area contributed by atoms with E-state index in [1.165, 1.54) is 22.9 Å². The molecule has 0 amide bonds. The van der Waals surface area contributed by atoms with Gasteiger partial charge in [-0.1, -0.05) is 66.9 Å². The molecule has 3 heteroatoms. The smallest absolute Gasteiger partial charge is 0.154 e. The lowest BCUT2D eigenvalue weighted by Gasteiger charge is -2.34. The van der Waals surface area contributed by atoms with Gasteiger partial charge in [-0.05, 0) is 43.0 Å². The fraction of sp³-hybridized carbons (Fsp3) is 0.381. The van der Waals surface area contributed by atoms with Crippen LogP contribution in [0.1, 0.15) is 29.9 Å². The van der Waals surface area contributed by atoms with Gasteiger partial charge in [0.1, 0.15) is 6.29 Å². The van der Waals surface area contributed by atoms with Crippen molar-refractivity contribution in [1.29, 1.82) is 0 Å². The summed E-state index contributed by atoms with van der Waals surface area (Å²) in [5.41, 5.74) is 3.89. The molecule has 0 bridgehead atoms. The number of hydrogen-bond donors (Lipinski definition) is 0. The number of hydrogen-bond acceptors (Lipinski definition) is 2. The molecule has 0 spiro atoms. The van der Waals surface area contributed by atoms with Gasteiger partial charge < -0.3 is 4.79 Å². The van der Waals surface area contributed by atoms with Gasteiger partial charge in [-0.2, -0.15) is 0 Å². The lowest BCUT2D eigenvalue weighted by atomic mass is 9.72. The minimum absolute atomic E-state index is 0.0507. The van der Waals surface area contributed by atoms with E-state index in [1.807, 2.05) is 0 Å². The standard InChI is InChI=1S/C21H26BNO/c1-22-20-9-7-18(8-10-20)21(16-24)19-11-13-23(14-12-19)15-17-5-3-2-4-6-17/h2-10,16,19,21-22H,11-15H2,1H3. The third-order valence-corrected chi connectivity index (χ3v) is 5.31. The summed E-state index contributed by atoms with van der Waals surface area (Å²) in [7, 11) is 1.05. The molecule has 0 N–H and O–H groups in total. The van der Waals surface area contributed by atoms with Gasteiger partial charge in [-0.25, -0.2) is 0 Å². The molecular formula is C21H26BNO. The third-order valence-electron chi connectivity index (χ3n) is 5.31. The lowest BCUT2D eigenvalue weighted by molar-refractivity contribution is -0.110. The summed E-state index contributed by atoms with van der Waals surface area (Å²) in [6.07, 6.45) is 3.37. The largest absolute Gasteiger partial charge is 0.303 e. The number of aldehydes is 1. The fourth-order valence-electron chi connectivity index (χ4n) is 3.75. The van der Waals surface area contributed by atoms with E-state index in [9.17, 15) is 4.79 Å². The first-order valence-corrected chi connectivity index (χ1v) is 9.10. The van der Waals surface area contributed by atoms with Crippen molar-refractivity contribution in [2.24, 2.45) is 5.92 Å². The lowest BCUT2D eigenvalue weighted by Crippen LogP contribution is -2.35. The van der Waals surface area contributed by atoms with Crippen LogP contribution in [0.25, 0.3) is 0 Å². The number of nitrogens with zero attached hydrogens (tertiary/aromatic N) is 1. The summed E-state index contributed by atoms with van der Waals surface area (Å²) >= 11 is 0. The zero-order valence-corrected chi connectivity index (χ0v) is 14.5. The van der Waals surface area contributed by atoms with Gasteiger partial charge in [0.2, 0.25) is 0 Å². The van der Waals surface area contributed by atoms with Crippen molar-refractivity contribution in [1.82, 2.24) is 4.90 Å². The number of benzene rings is 2. The molecule has 124 valence electrons. The van der Waals surface area contributed by atoms with Gasteiger partial charge in [0.05, 0.1) is 0 Å². The molecule has 1 atom stereocenters. The Morgan fingerprint density at radius 2 is 1.75 bits per heavy atom. The van der Waals surface area contributed by atoms with Gasteiger partial charge in [0, 0.05) is 12.5 Å². The van der Waals surface area contributed by atoms with Crippen molar-refractivity contribution in [2.75, 3.05) is 13.1 Å². The van der Waals surface area contributed by atoms with Gasteiger partial charge in [0.15, 0.2) is 7.28 Å². The quantitative estimate of drug-likeness (QED) is 0.603. The molecule has 0 aliphatic carbocycles. The first kappa shape index (κ1) is 17.0. The van der Waals surface area contributed by atoms with E-state index in [-0.39, 0.29) is 5.92 Å². The van der Waals surface area contributed by atoms with E-state index in [0.29, 0.717) is 5.92 Å². The maximum atomic E-state index is 11.7. The molecule has 1 aliphatic heterocycles. The molecule has 1 saturated heterocycles. The molecule has 1 unspecified atom stereocenters. The van der Waals surface area contributed by atoms with Gasteiger partial charge in [-0.3, -0.25) is 4.90 Å². The number of carbonyl (C=O) groups is 1. The minimum Gasteiger partial charge on any atom is -0.303 e. The first-order chi connectivity index (χ1) is 11.8. The van der Waals surface area contributed by atoms with E-state index in [4.69, 9.17) is 0 Å². The molecular weight excluding hydrogens is 293 g/mol. The van der Waals surface area contributed by atoms with Crippen molar-refractivity contribution in [2.45, 2.75) is 32.1 Å². The second-order valence-electron chi connectivity index (χ2n) is 6.86. The second-order valence-corrected chi connectivity index (χ2v) is 6.86. The van der Waals surface area contributed by atoms with Gasteiger partial charge in [0.25, 0.3) is 0 Å². The average molecular weight is 319 g/mol. The van der Waals surface area contributed by atoms with Crippen LogP contribution in [0.15, 0.2) is 54.6 Å². The molecule has 2 aromatic rings. The molecule has 1 aliphatic rings. The average Bonchev–Trinajstić information content (AvgIpc) is 2.65. The van der Waals surface area contributed by atoms with Crippen LogP contribution < -0.4 is 5.46 Å². The Hall–Kier alpha value is -1.87. The summed E-state index contributed by atoms with van der Waals surface area (Å²) < 4.78 is 0. The Morgan fingerprint density at radius 1 is 1.08 bits per heavy atom. The Balaban J connectivity index is 1.58. The van der Waals surface area contributed by atoms with Crippen LogP contribution in [0, 0.1) is 5.92 Å². The topological polar surface area (TPSA) is 20.3 Å². The highest BCUT2D eigenvalue weighted by molar-refractivity contribution is 6.51. The molecule has 1 heterocycles. The predicted octanol–water partition coefficient (Wildman–Crippen LogP) is 2.99. The molecule has 2 nitrogen and oxygen atoms in total. The summed E-state index contributed by atoms with van der Waals surface area (Å²) in [6, 6.07) is 19.3. The summed E-state index contributed by atoms with van der Waals surface area (Å²) in [4.78, 5) is 14.2. The number of piperidine rings is 1. The summed E-state index contributed by atoms with van der Waals surface area (Å²) in [5, 5.41) is 0. The second kappa shape index (κ2) is 8.30. The number of carbonyl (C=O) groups excluding carboxylic acids is 1. The number of rotatable bonds is 6. The van der Waals surface area contributed by atoms with Crippen molar-refractivity contribution in [3.8, 4) is 0 Å². The molecule has 0 saturated carbocycles. The Labute approximate surface area is 146 Å². The zero-order valence-electron chi connectivity index (χ0n) is 14.5. The highest BCUT2D eigenvalue weighted by Gasteiger charge is 2.27. The van der Waals surface area contributed by atoms with E-state index >= 15 is 0 Å². The zero-order chi connectivity index (χ0) is 16.8. The predicted molar refractivity (Wildman–Crippen MR) is 102 cm³/mol. The third kappa shape index (κ3) is 4.15. The van der Waals surface area contributed by atoms with Crippen LogP contribution in [0.3, 0.4) is 0 Å². The van der Waals surface area contributed by atoms with Gasteiger partial charge in [-0.15, -0.1) is 0 Å². The van der Waals surface area contributed by atoms with Crippen LogP contribution in [0.4, 0.5) is 0 Å². The fourth-order valence-corrected chi connectivity index (χ4v) is 3.75. The monoisotopic (exact) mass is 319 g/mol. The van der Waals surface area contributed by atoms with Crippen molar-refractivity contribution in [3.63, 3.8) is 0 Å². The van der Waals surface area contributed by atoms with E-state index < -0.39 is 0 Å². The van der Waals surface area contributed by atoms with E-state index in [2.05, 4.69) is 66.3 Å². The van der Waals surface area contributed by atoms with Crippen LogP contribution in [-0.4, -0.2) is 31.6 Å². The van der Waals surface area contributed by atoms with Gasteiger partial charge >= 0.3 is 0 Å². The van der Waals surface area contributed by atoms with E-state index in [0.717, 1.165) is 39.8 Å². The van der Waals surface area contributed by atoms with Crippen LogP contribution >= 0.6 is 0 Å². The summed E-state index contributed by atoms with van der Waals surface area (Å²) in [6.45, 7) is 5.34. The number of likely N-dealkylation sites (tertiary alicyclic amines) is 1.